The van der Waals surface area contributed by atoms with E-state index in [1.54, 1.807) is 17.4 Å². The van der Waals surface area contributed by atoms with Crippen LogP contribution in [-0.2, 0) is 0 Å². The summed E-state index contributed by atoms with van der Waals surface area (Å²) >= 11 is 1.66. The van der Waals surface area contributed by atoms with Crippen molar-refractivity contribution in [1.29, 1.82) is 0 Å². The van der Waals surface area contributed by atoms with Crippen LogP contribution < -0.4 is 5.43 Å². The zero-order valence-corrected chi connectivity index (χ0v) is 7.52. The summed E-state index contributed by atoms with van der Waals surface area (Å²) < 4.78 is 0. The molecule has 1 aromatic heterocycles. The Morgan fingerprint density at radius 2 is 1.92 bits per heavy atom. The van der Waals surface area contributed by atoms with Crippen LogP contribution in [0.15, 0.2) is 33.8 Å². The van der Waals surface area contributed by atoms with E-state index in [-0.39, 0.29) is 5.43 Å². The summed E-state index contributed by atoms with van der Waals surface area (Å²) in [5.74, 6) is 0. The average Bonchev–Trinajstić information content (AvgIpc) is 2.43. The third kappa shape index (κ3) is 1.14. The molecule has 0 amide bonds. The third-order valence-corrected chi connectivity index (χ3v) is 2.68. The molecule has 0 unspecified atom stereocenters. The fraction of sp³-hybridized carbons (Fsp3) is 0.100. The second-order valence-corrected chi connectivity index (χ2v) is 3.55. The van der Waals surface area contributed by atoms with Gasteiger partial charge in [-0.15, -0.1) is 0 Å². The summed E-state index contributed by atoms with van der Waals surface area (Å²) in [4.78, 5) is 11.2. The van der Waals surface area contributed by atoms with Crippen LogP contribution in [0.4, 0.5) is 0 Å². The SMILES string of the molecule is Cc1cc2cscc2ccc1=O. The van der Waals surface area contributed by atoms with Gasteiger partial charge in [-0.1, -0.05) is 0 Å². The smallest absolute Gasteiger partial charge is 0.181 e. The summed E-state index contributed by atoms with van der Waals surface area (Å²) in [6.45, 7) is 1.85. The van der Waals surface area contributed by atoms with E-state index >= 15 is 0 Å². The van der Waals surface area contributed by atoms with Gasteiger partial charge in [0.1, 0.15) is 0 Å². The molecule has 0 aliphatic rings. The van der Waals surface area contributed by atoms with Gasteiger partial charge < -0.3 is 0 Å². The van der Waals surface area contributed by atoms with Gasteiger partial charge in [0.2, 0.25) is 0 Å². The fourth-order valence-electron chi connectivity index (χ4n) is 1.17. The number of thiophene rings is 1. The number of hydrogen-bond donors (Lipinski definition) is 0. The Bertz CT molecular complexity index is 470. The first-order valence-corrected chi connectivity index (χ1v) is 4.68. The molecular formula is C10H8OS. The normalized spacial score (nSPS) is 10.4. The highest BCUT2D eigenvalue weighted by atomic mass is 32.1. The van der Waals surface area contributed by atoms with Gasteiger partial charge in [-0.05, 0) is 52.2 Å². The minimum atomic E-state index is 0.108. The lowest BCUT2D eigenvalue weighted by Crippen LogP contribution is -1.96. The van der Waals surface area contributed by atoms with Crippen LogP contribution in [0.3, 0.4) is 0 Å². The molecular weight excluding hydrogens is 168 g/mol. The molecule has 0 atom stereocenters. The maximum Gasteiger partial charge on any atom is 0.181 e. The van der Waals surface area contributed by atoms with Crippen molar-refractivity contribution in [2.45, 2.75) is 6.92 Å². The monoisotopic (exact) mass is 176 g/mol. The molecule has 0 N–H and O–H groups in total. The Labute approximate surface area is 74.3 Å². The largest absolute Gasteiger partial charge is 0.290 e. The summed E-state index contributed by atoms with van der Waals surface area (Å²) in [7, 11) is 0. The number of fused-ring (bicyclic) bond motifs is 1. The maximum absolute atomic E-state index is 11.2. The predicted molar refractivity (Wildman–Crippen MR) is 52.8 cm³/mol. The van der Waals surface area contributed by atoms with E-state index in [9.17, 15) is 4.79 Å². The molecule has 12 heavy (non-hydrogen) atoms. The van der Waals surface area contributed by atoms with Crippen molar-refractivity contribution in [3.63, 3.8) is 0 Å². The standard InChI is InChI=1S/C10H8OS/c1-7-4-9-6-12-5-8(9)2-3-10(7)11/h2-6H,1H3. The molecule has 0 spiro atoms. The first-order valence-electron chi connectivity index (χ1n) is 3.74. The molecule has 0 saturated heterocycles. The molecule has 2 rings (SSSR count). The molecule has 0 fully saturated rings. The molecule has 0 aliphatic carbocycles. The molecule has 60 valence electrons. The number of hydrogen-bond acceptors (Lipinski definition) is 2. The van der Waals surface area contributed by atoms with Crippen LogP contribution in [0.5, 0.6) is 0 Å². The number of aryl methyl sites for hydroxylation is 1. The lowest BCUT2D eigenvalue weighted by molar-refractivity contribution is 1.44. The van der Waals surface area contributed by atoms with Crippen molar-refractivity contribution >= 4 is 22.1 Å². The topological polar surface area (TPSA) is 17.1 Å². The molecule has 0 radical (unpaired) electrons. The number of rotatable bonds is 0. The Morgan fingerprint density at radius 3 is 2.75 bits per heavy atom. The Hall–Kier alpha value is -1.15. The second kappa shape index (κ2) is 2.72. The van der Waals surface area contributed by atoms with E-state index < -0.39 is 0 Å². The summed E-state index contributed by atoms with van der Waals surface area (Å²) in [5.41, 5.74) is 0.916. The van der Waals surface area contributed by atoms with E-state index in [1.807, 2.05) is 24.4 Å². The highest BCUT2D eigenvalue weighted by molar-refractivity contribution is 7.09. The van der Waals surface area contributed by atoms with Crippen molar-refractivity contribution in [1.82, 2.24) is 0 Å². The van der Waals surface area contributed by atoms with Crippen LogP contribution >= 0.6 is 11.3 Å². The average molecular weight is 176 g/mol. The predicted octanol–water partition coefficient (Wildman–Crippen LogP) is 2.57. The molecule has 2 heteroatoms. The summed E-state index contributed by atoms with van der Waals surface area (Å²) in [6.07, 6.45) is 0. The van der Waals surface area contributed by atoms with Crippen LogP contribution in [0, 0.1) is 6.92 Å². The molecule has 2 aromatic rings. The highest BCUT2D eigenvalue weighted by Gasteiger charge is 1.94. The van der Waals surface area contributed by atoms with Crippen LogP contribution in [-0.4, -0.2) is 0 Å². The van der Waals surface area contributed by atoms with E-state index in [1.165, 1.54) is 0 Å². The first-order chi connectivity index (χ1) is 5.77. The molecule has 0 saturated carbocycles. The van der Waals surface area contributed by atoms with Gasteiger partial charge >= 0.3 is 0 Å². The van der Waals surface area contributed by atoms with Crippen LogP contribution in [0.1, 0.15) is 5.56 Å². The van der Waals surface area contributed by atoms with Gasteiger partial charge in [0.15, 0.2) is 5.43 Å². The fourth-order valence-corrected chi connectivity index (χ4v) is 1.95. The van der Waals surface area contributed by atoms with Gasteiger partial charge in [0.05, 0.1) is 0 Å². The highest BCUT2D eigenvalue weighted by Crippen LogP contribution is 2.16. The summed E-state index contributed by atoms with van der Waals surface area (Å²) in [5, 5.41) is 6.40. The van der Waals surface area contributed by atoms with Crippen molar-refractivity contribution in [2.24, 2.45) is 0 Å². The lowest BCUT2D eigenvalue weighted by atomic mass is 10.2. The molecule has 0 aliphatic heterocycles. The van der Waals surface area contributed by atoms with Gasteiger partial charge in [-0.3, -0.25) is 4.79 Å². The van der Waals surface area contributed by atoms with E-state index in [0.717, 1.165) is 16.3 Å². The van der Waals surface area contributed by atoms with Gasteiger partial charge in [0.25, 0.3) is 0 Å². The van der Waals surface area contributed by atoms with Crippen molar-refractivity contribution in [3.8, 4) is 0 Å². The quantitative estimate of drug-likeness (QED) is 0.603. The van der Waals surface area contributed by atoms with Crippen LogP contribution in [0.2, 0.25) is 0 Å². The third-order valence-electron chi connectivity index (χ3n) is 1.90. The Balaban J connectivity index is 2.98. The summed E-state index contributed by atoms with van der Waals surface area (Å²) in [6, 6.07) is 5.44. The molecule has 1 aromatic carbocycles. The van der Waals surface area contributed by atoms with Crippen LogP contribution in [0.25, 0.3) is 10.8 Å². The van der Waals surface area contributed by atoms with E-state index in [0.29, 0.717) is 0 Å². The van der Waals surface area contributed by atoms with Gasteiger partial charge in [-0.2, -0.15) is 11.3 Å². The maximum atomic E-state index is 11.2. The zero-order chi connectivity index (χ0) is 8.55. The second-order valence-electron chi connectivity index (χ2n) is 2.81. The van der Waals surface area contributed by atoms with Gasteiger partial charge in [0, 0.05) is 0 Å². The minimum Gasteiger partial charge on any atom is -0.290 e. The molecule has 1 nitrogen and oxygen atoms in total. The van der Waals surface area contributed by atoms with Crippen molar-refractivity contribution in [3.05, 3.63) is 44.7 Å². The van der Waals surface area contributed by atoms with Crippen molar-refractivity contribution in [2.75, 3.05) is 0 Å². The Morgan fingerprint density at radius 1 is 1.17 bits per heavy atom. The molecule has 1 heterocycles. The van der Waals surface area contributed by atoms with E-state index in [4.69, 9.17) is 0 Å². The first kappa shape index (κ1) is 7.50. The van der Waals surface area contributed by atoms with E-state index in [2.05, 4.69) is 5.38 Å². The van der Waals surface area contributed by atoms with Crippen molar-refractivity contribution < 1.29 is 0 Å². The van der Waals surface area contributed by atoms with Gasteiger partial charge in [-0.25, -0.2) is 0 Å². The minimum absolute atomic E-state index is 0.108. The zero-order valence-electron chi connectivity index (χ0n) is 6.70. The Kier molecular flexibility index (Phi) is 1.70. The lowest BCUT2D eigenvalue weighted by Gasteiger charge is -1.79. The molecule has 0 bridgehead atoms.